The monoisotopic (exact) mass is 457 g/mol. The zero-order valence-corrected chi connectivity index (χ0v) is 20.4. The van der Waals surface area contributed by atoms with Crippen molar-refractivity contribution in [3.05, 3.63) is 54.1 Å². The van der Waals surface area contributed by atoms with Gasteiger partial charge in [-0.1, -0.05) is 32.9 Å². The maximum atomic E-state index is 13.6. The molecule has 1 aliphatic rings. The van der Waals surface area contributed by atoms with E-state index in [1.807, 2.05) is 62.2 Å². The predicted molar refractivity (Wildman–Crippen MR) is 132 cm³/mol. The molecule has 1 fully saturated rings. The molecule has 7 heteroatoms. The molecule has 1 atom stereocenters. The predicted octanol–water partition coefficient (Wildman–Crippen LogP) is 4.95. The molecule has 1 unspecified atom stereocenters. The van der Waals surface area contributed by atoms with Crippen molar-refractivity contribution in [3.63, 3.8) is 0 Å². The summed E-state index contributed by atoms with van der Waals surface area (Å²) in [6.45, 7) is 10.7. The normalized spacial score (nSPS) is 16.7. The van der Waals surface area contributed by atoms with E-state index < -0.39 is 10.0 Å². The zero-order valence-electron chi connectivity index (χ0n) is 19.6. The molecule has 32 heavy (non-hydrogen) atoms. The summed E-state index contributed by atoms with van der Waals surface area (Å²) in [4.78, 5) is 0.283. The zero-order chi connectivity index (χ0) is 23.1. The maximum Gasteiger partial charge on any atom is 0.264 e. The molecular formula is C25H35N3O3S. The van der Waals surface area contributed by atoms with E-state index in [2.05, 4.69) is 12.0 Å². The number of hydrazone groups is 1. The number of benzene rings is 2. The van der Waals surface area contributed by atoms with Gasteiger partial charge in [0.2, 0.25) is 0 Å². The fourth-order valence-electron chi connectivity index (χ4n) is 3.82. The number of rotatable bonds is 10. The van der Waals surface area contributed by atoms with Crippen LogP contribution < -0.4 is 9.31 Å². The van der Waals surface area contributed by atoms with Gasteiger partial charge >= 0.3 is 0 Å². The number of sulfonamides is 1. The molecule has 0 aliphatic carbocycles. The van der Waals surface area contributed by atoms with E-state index in [4.69, 9.17) is 4.74 Å². The van der Waals surface area contributed by atoms with Gasteiger partial charge in [-0.2, -0.15) is 5.10 Å². The second-order valence-electron chi connectivity index (χ2n) is 8.63. The minimum Gasteiger partial charge on any atom is -0.381 e. The molecule has 2 aromatic rings. The van der Waals surface area contributed by atoms with Gasteiger partial charge in [-0.3, -0.25) is 9.31 Å². The summed E-state index contributed by atoms with van der Waals surface area (Å²) >= 11 is 0. The third-order valence-electron chi connectivity index (χ3n) is 5.60. The fourth-order valence-corrected chi connectivity index (χ4v) is 5.45. The van der Waals surface area contributed by atoms with Crippen molar-refractivity contribution < 1.29 is 13.2 Å². The number of hydrogen-bond donors (Lipinski definition) is 0. The lowest BCUT2D eigenvalue weighted by molar-refractivity contribution is 0.186. The van der Waals surface area contributed by atoms with Crippen LogP contribution in [0.4, 0.5) is 11.4 Å². The summed E-state index contributed by atoms with van der Waals surface area (Å²) in [6.07, 6.45) is 3.69. The van der Waals surface area contributed by atoms with Crippen molar-refractivity contribution in [1.29, 1.82) is 0 Å². The third-order valence-corrected chi connectivity index (χ3v) is 7.40. The van der Waals surface area contributed by atoms with Gasteiger partial charge in [-0.05, 0) is 67.6 Å². The molecule has 2 aromatic carbocycles. The molecule has 6 nitrogen and oxygen atoms in total. The highest BCUT2D eigenvalue weighted by atomic mass is 32.2. The highest BCUT2D eigenvalue weighted by Gasteiger charge is 2.26. The Hall–Kier alpha value is -2.38. The first-order chi connectivity index (χ1) is 15.3. The Labute approximate surface area is 192 Å². The van der Waals surface area contributed by atoms with Crippen LogP contribution in [0.2, 0.25) is 0 Å². The Bertz CT molecular complexity index is 980. The van der Waals surface area contributed by atoms with Gasteiger partial charge in [-0.25, -0.2) is 8.42 Å². The van der Waals surface area contributed by atoms with Gasteiger partial charge in [0.05, 0.1) is 22.9 Å². The Morgan fingerprint density at radius 3 is 2.28 bits per heavy atom. The summed E-state index contributed by atoms with van der Waals surface area (Å²) in [6, 6.07) is 14.8. The molecule has 1 aliphatic heterocycles. The Kier molecular flexibility index (Phi) is 8.32. The minimum atomic E-state index is -3.69. The molecule has 174 valence electrons. The van der Waals surface area contributed by atoms with Crippen LogP contribution in [0.5, 0.6) is 0 Å². The second kappa shape index (κ2) is 11.0. The average Bonchev–Trinajstić information content (AvgIpc) is 3.30. The first kappa shape index (κ1) is 24.3. The van der Waals surface area contributed by atoms with Crippen molar-refractivity contribution in [2.45, 2.75) is 45.4 Å². The van der Waals surface area contributed by atoms with E-state index in [-0.39, 0.29) is 10.8 Å². The van der Waals surface area contributed by atoms with E-state index in [0.29, 0.717) is 18.2 Å². The standard InChI is InChI=1S/C25H35N3O3S/c1-5-21-7-9-24(10-8-21)28(17-20(3)4)32(29,30)25-13-11-23(12-14-25)27(26-6-2)18-22-15-16-31-19-22/h6-14,20,22H,5,15-19H2,1-4H3/b26-6-. The van der Waals surface area contributed by atoms with Gasteiger partial charge in [0, 0.05) is 31.8 Å². The van der Waals surface area contributed by atoms with Gasteiger partial charge < -0.3 is 4.74 Å². The van der Waals surface area contributed by atoms with Crippen molar-refractivity contribution in [1.82, 2.24) is 0 Å². The lowest BCUT2D eigenvalue weighted by atomic mass is 10.1. The van der Waals surface area contributed by atoms with Gasteiger partial charge in [0.1, 0.15) is 0 Å². The first-order valence-electron chi connectivity index (χ1n) is 11.4. The molecule has 3 rings (SSSR count). The van der Waals surface area contributed by atoms with E-state index in [1.54, 1.807) is 18.3 Å². The van der Waals surface area contributed by atoms with E-state index in [1.165, 1.54) is 9.87 Å². The van der Waals surface area contributed by atoms with E-state index >= 15 is 0 Å². The molecule has 1 heterocycles. The molecule has 0 aromatic heterocycles. The van der Waals surface area contributed by atoms with Crippen molar-refractivity contribution in [2.24, 2.45) is 16.9 Å². The smallest absolute Gasteiger partial charge is 0.264 e. The molecule has 0 amide bonds. The highest BCUT2D eigenvalue weighted by Crippen LogP contribution is 2.28. The van der Waals surface area contributed by atoms with Crippen molar-refractivity contribution >= 4 is 27.6 Å². The first-order valence-corrected chi connectivity index (χ1v) is 12.8. The topological polar surface area (TPSA) is 62.2 Å². The van der Waals surface area contributed by atoms with Crippen molar-refractivity contribution in [2.75, 3.05) is 35.6 Å². The van der Waals surface area contributed by atoms with E-state index in [0.717, 1.165) is 38.3 Å². The van der Waals surface area contributed by atoms with Crippen LogP contribution in [0.15, 0.2) is 58.5 Å². The van der Waals surface area contributed by atoms with Crippen LogP contribution in [0.3, 0.4) is 0 Å². The molecule has 1 saturated heterocycles. The van der Waals surface area contributed by atoms with Crippen LogP contribution in [-0.2, 0) is 21.2 Å². The van der Waals surface area contributed by atoms with Crippen molar-refractivity contribution in [3.8, 4) is 0 Å². The fraction of sp³-hybridized carbons (Fsp3) is 0.480. The number of anilines is 2. The van der Waals surface area contributed by atoms with Crippen LogP contribution in [0.1, 0.15) is 39.7 Å². The van der Waals surface area contributed by atoms with Crippen LogP contribution in [-0.4, -0.2) is 40.9 Å². The van der Waals surface area contributed by atoms with Crippen LogP contribution in [0.25, 0.3) is 0 Å². The number of hydrogen-bond acceptors (Lipinski definition) is 5. The lowest BCUT2D eigenvalue weighted by Gasteiger charge is -2.27. The SMILES string of the molecule is C/C=N\N(CC1CCOC1)c1ccc(S(=O)(=O)N(CC(C)C)c2ccc(CC)cc2)cc1. The Morgan fingerprint density at radius 2 is 1.75 bits per heavy atom. The lowest BCUT2D eigenvalue weighted by Crippen LogP contribution is -2.34. The quantitative estimate of drug-likeness (QED) is 0.374. The molecule has 0 bridgehead atoms. The van der Waals surface area contributed by atoms with E-state index in [9.17, 15) is 8.42 Å². The average molecular weight is 458 g/mol. The minimum absolute atomic E-state index is 0.193. The summed E-state index contributed by atoms with van der Waals surface area (Å²) in [7, 11) is -3.69. The summed E-state index contributed by atoms with van der Waals surface area (Å²) in [5.74, 6) is 0.618. The maximum absolute atomic E-state index is 13.6. The van der Waals surface area contributed by atoms with Gasteiger partial charge in [0.15, 0.2) is 0 Å². The third kappa shape index (κ3) is 5.90. The van der Waals surface area contributed by atoms with Gasteiger partial charge in [-0.15, -0.1) is 0 Å². The van der Waals surface area contributed by atoms with Gasteiger partial charge in [0.25, 0.3) is 10.0 Å². The Balaban J connectivity index is 1.87. The number of ether oxygens (including phenoxy) is 1. The largest absolute Gasteiger partial charge is 0.381 e. The van der Waals surface area contributed by atoms with Crippen LogP contribution in [0, 0.1) is 11.8 Å². The molecule has 0 N–H and O–H groups in total. The second-order valence-corrected chi connectivity index (χ2v) is 10.5. The summed E-state index contributed by atoms with van der Waals surface area (Å²) < 4.78 is 34.2. The molecule has 0 spiro atoms. The van der Waals surface area contributed by atoms with Crippen LogP contribution >= 0.6 is 0 Å². The summed E-state index contributed by atoms with van der Waals surface area (Å²) in [5.41, 5.74) is 2.75. The highest BCUT2D eigenvalue weighted by molar-refractivity contribution is 7.92. The Morgan fingerprint density at radius 1 is 1.09 bits per heavy atom. The number of aryl methyl sites for hydroxylation is 1. The molecular weight excluding hydrogens is 422 g/mol. The molecule has 0 saturated carbocycles. The molecule has 0 radical (unpaired) electrons. The number of nitrogens with zero attached hydrogens (tertiary/aromatic N) is 3. The summed E-state index contributed by atoms with van der Waals surface area (Å²) in [5, 5.41) is 6.40.